The van der Waals surface area contributed by atoms with Crippen LogP contribution in [-0.2, 0) is 0 Å². The molecular formula is C5H10O. The molecule has 0 aromatic rings. The van der Waals surface area contributed by atoms with Crippen LogP contribution in [0.4, 0.5) is 0 Å². The van der Waals surface area contributed by atoms with Crippen molar-refractivity contribution in [1.29, 1.82) is 0 Å². The molecule has 0 aliphatic carbocycles. The monoisotopic (exact) mass is 87.1 g/mol. The minimum atomic E-state index is -0.486. The molecule has 0 bridgehead atoms. The topological polar surface area (TPSA) is 20.2 Å². The van der Waals surface area contributed by atoms with Crippen molar-refractivity contribution in [3.05, 3.63) is 12.2 Å². The van der Waals surface area contributed by atoms with Gasteiger partial charge < -0.3 is 5.11 Å². The maximum Gasteiger partial charge on any atom is 0.0467 e. The highest BCUT2D eigenvalue weighted by Crippen LogP contribution is 1.90. The Kier molecular flexibility index (Phi) is 1.88. The predicted octanol–water partition coefficient (Wildman–Crippen LogP) is 0.945. The van der Waals surface area contributed by atoms with Crippen LogP contribution in [0.25, 0.3) is 0 Å². The number of hydrogen-bond donors (Lipinski definition) is 1. The Morgan fingerprint density at radius 1 is 2.17 bits per heavy atom. The van der Waals surface area contributed by atoms with Crippen molar-refractivity contribution >= 4 is 0 Å². The van der Waals surface area contributed by atoms with E-state index in [1.165, 1.54) is 0 Å². The molecule has 0 rings (SSSR count). The Hall–Kier alpha value is -0.300. The van der Waals surface area contributed by atoms with Crippen molar-refractivity contribution < 1.29 is 6.48 Å². The van der Waals surface area contributed by atoms with Crippen molar-refractivity contribution in [2.24, 2.45) is 0 Å². The van der Waals surface area contributed by atoms with Gasteiger partial charge in [-0.25, -0.2) is 0 Å². The maximum atomic E-state index is 8.26. The highest BCUT2D eigenvalue weighted by molar-refractivity contribution is 4.86. The van der Waals surface area contributed by atoms with Crippen molar-refractivity contribution in [2.45, 2.75) is 13.3 Å². The predicted molar refractivity (Wildman–Crippen MR) is 26.5 cm³/mol. The Morgan fingerprint density at radius 2 is 2.67 bits per heavy atom. The van der Waals surface area contributed by atoms with E-state index in [0.717, 1.165) is 0 Å². The van der Waals surface area contributed by atoms with E-state index in [1.54, 1.807) is 6.92 Å². The molecule has 0 heterocycles. The first-order valence-corrected chi connectivity index (χ1v) is 1.87. The van der Waals surface area contributed by atoms with Crippen molar-refractivity contribution in [3.63, 3.8) is 0 Å². The summed E-state index contributed by atoms with van der Waals surface area (Å²) in [6.07, 6.45) is -0.486. The first kappa shape index (κ1) is 3.88. The minimum Gasteiger partial charge on any atom is -0.396 e. The Bertz CT molecular complexity index is 70.5. The third-order valence-corrected chi connectivity index (χ3v) is 0.440. The van der Waals surface area contributed by atoms with Crippen LogP contribution >= 0.6 is 0 Å². The third-order valence-electron chi connectivity index (χ3n) is 0.440. The molecule has 0 aliphatic heterocycles. The number of hydrogen-bond acceptors (Lipinski definition) is 1. The fourth-order valence-electron chi connectivity index (χ4n) is 0.156. The first-order chi connectivity index (χ1) is 3.18. The summed E-state index contributed by atoms with van der Waals surface area (Å²) in [5, 5.41) is 8.26. The van der Waals surface area contributed by atoms with E-state index in [0.29, 0.717) is 5.57 Å². The zero-order valence-corrected chi connectivity index (χ0v) is 3.94. The highest BCUT2D eigenvalue weighted by atomic mass is 16.2. The van der Waals surface area contributed by atoms with Crippen molar-refractivity contribution in [2.75, 3.05) is 6.61 Å². The van der Waals surface area contributed by atoms with Gasteiger partial charge in [-0.05, 0) is 13.3 Å². The summed E-state index contributed by atoms with van der Waals surface area (Å²) in [4.78, 5) is 0. The Labute approximate surface area is 39.7 Å². The summed E-state index contributed by atoms with van der Waals surface area (Å²) in [6.45, 7) is 5.09. The van der Waals surface area contributed by atoms with Gasteiger partial charge in [0.1, 0.15) is 0 Å². The molecule has 0 aliphatic rings. The lowest BCUT2D eigenvalue weighted by Crippen LogP contribution is -1.79. The lowest BCUT2D eigenvalue weighted by atomic mass is 10.3. The summed E-state index contributed by atoms with van der Waals surface area (Å²) in [7, 11) is 0. The van der Waals surface area contributed by atoms with Crippen LogP contribution < -0.4 is 0 Å². The highest BCUT2D eigenvalue weighted by Gasteiger charge is 1.77. The molecule has 0 aromatic carbocycles. The van der Waals surface area contributed by atoms with E-state index >= 15 is 0 Å². The molecule has 1 atom stereocenters. The normalized spacial score (nSPS) is 16.0. The second kappa shape index (κ2) is 2.91. The van der Waals surface area contributed by atoms with Gasteiger partial charge in [-0.2, -0.15) is 0 Å². The van der Waals surface area contributed by atoms with Crippen molar-refractivity contribution in [3.8, 4) is 0 Å². The summed E-state index contributed by atoms with van der Waals surface area (Å²) in [5.41, 5.74) is 0.711. The minimum absolute atomic E-state index is 0.116. The van der Waals surface area contributed by atoms with Gasteiger partial charge >= 0.3 is 0 Å². The second-order valence-electron chi connectivity index (χ2n) is 1.23. The van der Waals surface area contributed by atoms with Crippen molar-refractivity contribution in [1.82, 2.24) is 0 Å². The molecule has 1 heteroatoms. The van der Waals surface area contributed by atoms with E-state index in [2.05, 4.69) is 6.58 Å². The molecule has 0 fully saturated rings. The van der Waals surface area contributed by atoms with E-state index in [1.807, 2.05) is 0 Å². The summed E-state index contributed by atoms with van der Waals surface area (Å²) >= 11 is 0. The zero-order valence-electron chi connectivity index (χ0n) is 4.94. The van der Waals surface area contributed by atoms with Gasteiger partial charge in [0.15, 0.2) is 0 Å². The third kappa shape index (κ3) is 3.70. The average molecular weight is 87.1 g/mol. The quantitative estimate of drug-likeness (QED) is 0.497. The van der Waals surface area contributed by atoms with Crippen LogP contribution in [0.3, 0.4) is 0 Å². The smallest absolute Gasteiger partial charge is 0.0467 e. The van der Waals surface area contributed by atoms with Gasteiger partial charge in [0, 0.05) is 7.98 Å². The standard InChI is InChI=1S/C5H10O/c1-5(2)3-4-6/h6H,1,3-4H2,2H3/i3D/t3-/m0/s1. The molecule has 6 heavy (non-hydrogen) atoms. The molecule has 0 spiro atoms. The van der Waals surface area contributed by atoms with Gasteiger partial charge in [0.2, 0.25) is 0 Å². The van der Waals surface area contributed by atoms with Crippen LogP contribution in [0.1, 0.15) is 14.7 Å². The van der Waals surface area contributed by atoms with Gasteiger partial charge in [-0.3, -0.25) is 0 Å². The molecule has 0 unspecified atom stereocenters. The van der Waals surface area contributed by atoms with E-state index in [9.17, 15) is 0 Å². The maximum absolute atomic E-state index is 8.26. The van der Waals surface area contributed by atoms with Gasteiger partial charge in [-0.1, -0.05) is 5.57 Å². The zero-order chi connectivity index (χ0) is 5.86. The lowest BCUT2D eigenvalue weighted by Gasteiger charge is -1.87. The van der Waals surface area contributed by atoms with E-state index in [-0.39, 0.29) is 6.61 Å². The number of aliphatic hydroxyl groups is 1. The van der Waals surface area contributed by atoms with Crippen LogP contribution in [0, 0.1) is 0 Å². The van der Waals surface area contributed by atoms with Crippen LogP contribution in [0.2, 0.25) is 0 Å². The fraction of sp³-hybridized carbons (Fsp3) is 0.600. The van der Waals surface area contributed by atoms with Gasteiger partial charge in [-0.15, -0.1) is 6.58 Å². The largest absolute Gasteiger partial charge is 0.396 e. The Morgan fingerprint density at radius 3 is 2.67 bits per heavy atom. The summed E-state index contributed by atoms with van der Waals surface area (Å²) in [6, 6.07) is 0. The van der Waals surface area contributed by atoms with Crippen LogP contribution in [-0.4, -0.2) is 11.7 Å². The average Bonchev–Trinajstić information content (AvgIpc) is 1.65. The number of rotatable bonds is 2. The molecule has 1 N–H and O–H groups in total. The lowest BCUT2D eigenvalue weighted by molar-refractivity contribution is 0.299. The summed E-state index contributed by atoms with van der Waals surface area (Å²) < 4.78 is 6.93. The molecule has 0 amide bonds. The first-order valence-electron chi connectivity index (χ1n) is 2.44. The summed E-state index contributed by atoms with van der Waals surface area (Å²) in [5.74, 6) is 0. The Balaban J connectivity index is 3.34. The molecule has 0 aromatic heterocycles. The molecule has 1 nitrogen and oxygen atoms in total. The van der Waals surface area contributed by atoms with E-state index < -0.39 is 6.40 Å². The van der Waals surface area contributed by atoms with E-state index in [4.69, 9.17) is 6.48 Å². The second-order valence-corrected chi connectivity index (χ2v) is 1.23. The molecule has 36 valence electrons. The van der Waals surface area contributed by atoms with Crippen LogP contribution in [0.15, 0.2) is 12.2 Å². The van der Waals surface area contributed by atoms with Gasteiger partial charge in [0.05, 0.1) is 0 Å². The molecule has 0 saturated heterocycles. The molecule has 0 saturated carbocycles. The van der Waals surface area contributed by atoms with Gasteiger partial charge in [0.25, 0.3) is 0 Å². The molecule has 0 radical (unpaired) electrons. The number of aliphatic hydroxyl groups excluding tert-OH is 1. The fourth-order valence-corrected chi connectivity index (χ4v) is 0.156. The SMILES string of the molecule is [2H][C@@H](CO)C(=C)C. The van der Waals surface area contributed by atoms with Crippen LogP contribution in [0.5, 0.6) is 0 Å². The molecular weight excluding hydrogens is 76.1 g/mol.